The van der Waals surface area contributed by atoms with Gasteiger partial charge in [0.15, 0.2) is 5.78 Å². The molecule has 0 atom stereocenters. The molecule has 0 saturated heterocycles. The number of ketones is 1. The Kier molecular flexibility index (Phi) is 5.95. The molecule has 3 aromatic rings. The summed E-state index contributed by atoms with van der Waals surface area (Å²) in [6.07, 6.45) is 6.92. The van der Waals surface area contributed by atoms with Gasteiger partial charge in [0.25, 0.3) is 0 Å². The number of pyridine rings is 1. The minimum atomic E-state index is 0.00644. The van der Waals surface area contributed by atoms with Gasteiger partial charge in [0.05, 0.1) is 16.6 Å². The first-order valence-corrected chi connectivity index (χ1v) is 9.36. The summed E-state index contributed by atoms with van der Waals surface area (Å²) in [6.45, 7) is 0.624. The minimum Gasteiger partial charge on any atom is -0.356 e. The Morgan fingerprint density at radius 3 is 2.88 bits per heavy atom. The first-order valence-electron chi connectivity index (χ1n) is 8.48. The summed E-state index contributed by atoms with van der Waals surface area (Å²) in [7, 11) is 0. The van der Waals surface area contributed by atoms with E-state index in [1.807, 2.05) is 48.1 Å². The molecule has 0 bridgehead atoms. The lowest BCUT2D eigenvalue weighted by Gasteiger charge is -2.05. The lowest BCUT2D eigenvalue weighted by molar-refractivity contribution is -0.121. The molecule has 6 heteroatoms. The molecule has 0 radical (unpaired) electrons. The molecule has 3 heterocycles. The van der Waals surface area contributed by atoms with Crippen molar-refractivity contribution < 1.29 is 9.59 Å². The Balaban J connectivity index is 1.32. The number of imidazole rings is 1. The fourth-order valence-corrected chi connectivity index (χ4v) is 3.41. The molecule has 130 valence electrons. The first-order chi connectivity index (χ1) is 12.2. The third-order valence-corrected chi connectivity index (χ3v) is 4.93. The van der Waals surface area contributed by atoms with Gasteiger partial charge in [-0.05, 0) is 36.4 Å². The number of thiophene rings is 1. The van der Waals surface area contributed by atoms with Crippen molar-refractivity contribution >= 4 is 28.5 Å². The number of hydrogen-bond acceptors (Lipinski definition) is 4. The second-order valence-electron chi connectivity index (χ2n) is 5.88. The largest absolute Gasteiger partial charge is 0.356 e. The fourth-order valence-electron chi connectivity index (χ4n) is 2.72. The van der Waals surface area contributed by atoms with E-state index in [0.29, 0.717) is 25.8 Å². The Morgan fingerprint density at radius 1 is 1.12 bits per heavy atom. The second kappa shape index (κ2) is 8.58. The molecular formula is C19H21N3O2S. The summed E-state index contributed by atoms with van der Waals surface area (Å²) < 4.78 is 2.07. The molecule has 0 saturated carbocycles. The summed E-state index contributed by atoms with van der Waals surface area (Å²) in [5, 5.41) is 4.81. The van der Waals surface area contributed by atoms with Crippen LogP contribution in [0.1, 0.15) is 41.2 Å². The third kappa shape index (κ3) is 4.76. The van der Waals surface area contributed by atoms with Crippen molar-refractivity contribution in [2.24, 2.45) is 0 Å². The number of aromatic nitrogens is 2. The van der Waals surface area contributed by atoms with Crippen molar-refractivity contribution in [1.29, 1.82) is 0 Å². The molecule has 25 heavy (non-hydrogen) atoms. The van der Waals surface area contributed by atoms with Gasteiger partial charge in [-0.1, -0.05) is 12.1 Å². The van der Waals surface area contributed by atoms with Crippen LogP contribution in [-0.4, -0.2) is 27.6 Å². The standard InChI is InChI=1S/C19H21N3O2S/c23-16(17-8-5-13-25-17)7-3-10-19(24)20-11-4-9-18-21-14-15-6-1-2-12-22(15)18/h1-2,5-6,8,12-14H,3-4,7,9-11H2,(H,20,24). The number of amides is 1. The normalized spacial score (nSPS) is 10.9. The smallest absolute Gasteiger partial charge is 0.220 e. The highest BCUT2D eigenvalue weighted by molar-refractivity contribution is 7.12. The Morgan fingerprint density at radius 2 is 2.04 bits per heavy atom. The van der Waals surface area contributed by atoms with E-state index in [4.69, 9.17) is 0 Å². The van der Waals surface area contributed by atoms with Crippen LogP contribution >= 0.6 is 11.3 Å². The van der Waals surface area contributed by atoms with Gasteiger partial charge < -0.3 is 9.72 Å². The number of Topliss-reactive ketones (excluding diaryl/α,β-unsaturated/α-hetero) is 1. The van der Waals surface area contributed by atoms with Crippen LogP contribution in [0.5, 0.6) is 0 Å². The van der Waals surface area contributed by atoms with Crippen molar-refractivity contribution in [2.75, 3.05) is 6.54 Å². The van der Waals surface area contributed by atoms with E-state index in [-0.39, 0.29) is 11.7 Å². The lowest BCUT2D eigenvalue weighted by atomic mass is 10.1. The van der Waals surface area contributed by atoms with Crippen LogP contribution in [0, 0.1) is 0 Å². The van der Waals surface area contributed by atoms with Crippen LogP contribution in [0.4, 0.5) is 0 Å². The maximum Gasteiger partial charge on any atom is 0.220 e. The Bertz CT molecular complexity index is 839. The molecule has 3 aromatic heterocycles. The molecule has 1 amide bonds. The highest BCUT2D eigenvalue weighted by atomic mass is 32.1. The average Bonchev–Trinajstić information content (AvgIpc) is 3.29. The van der Waals surface area contributed by atoms with Crippen LogP contribution in [0.15, 0.2) is 48.1 Å². The van der Waals surface area contributed by atoms with Crippen LogP contribution in [0.25, 0.3) is 5.52 Å². The van der Waals surface area contributed by atoms with E-state index in [1.165, 1.54) is 11.3 Å². The Labute approximate surface area is 150 Å². The van der Waals surface area contributed by atoms with Crippen molar-refractivity contribution in [3.63, 3.8) is 0 Å². The van der Waals surface area contributed by atoms with E-state index in [0.717, 1.165) is 29.1 Å². The van der Waals surface area contributed by atoms with Crippen LogP contribution < -0.4 is 5.32 Å². The van der Waals surface area contributed by atoms with Gasteiger partial charge in [0.1, 0.15) is 5.82 Å². The van der Waals surface area contributed by atoms with Crippen molar-refractivity contribution in [3.05, 3.63) is 58.8 Å². The van der Waals surface area contributed by atoms with Crippen LogP contribution in [0.3, 0.4) is 0 Å². The molecule has 0 aliphatic rings. The molecule has 5 nitrogen and oxygen atoms in total. The molecule has 0 fully saturated rings. The van der Waals surface area contributed by atoms with E-state index in [1.54, 1.807) is 0 Å². The topological polar surface area (TPSA) is 63.5 Å². The number of carbonyl (C=O) groups excluding carboxylic acids is 2. The minimum absolute atomic E-state index is 0.00644. The molecule has 0 aromatic carbocycles. The molecule has 0 unspecified atom stereocenters. The van der Waals surface area contributed by atoms with Gasteiger partial charge >= 0.3 is 0 Å². The number of hydrogen-bond donors (Lipinski definition) is 1. The quantitative estimate of drug-likeness (QED) is 0.472. The summed E-state index contributed by atoms with van der Waals surface area (Å²) in [5.74, 6) is 1.13. The molecule has 0 spiro atoms. The van der Waals surface area contributed by atoms with Crippen molar-refractivity contribution in [3.8, 4) is 0 Å². The van der Waals surface area contributed by atoms with Crippen molar-refractivity contribution in [1.82, 2.24) is 14.7 Å². The second-order valence-corrected chi connectivity index (χ2v) is 6.83. The monoisotopic (exact) mass is 355 g/mol. The average molecular weight is 355 g/mol. The maximum atomic E-state index is 11.9. The highest BCUT2D eigenvalue weighted by Gasteiger charge is 2.08. The molecule has 0 aliphatic heterocycles. The molecular weight excluding hydrogens is 334 g/mol. The van der Waals surface area contributed by atoms with Gasteiger partial charge in [-0.2, -0.15) is 0 Å². The van der Waals surface area contributed by atoms with E-state index < -0.39 is 0 Å². The van der Waals surface area contributed by atoms with Crippen LogP contribution in [0.2, 0.25) is 0 Å². The summed E-state index contributed by atoms with van der Waals surface area (Å²) in [5.41, 5.74) is 1.08. The SMILES string of the molecule is O=C(CCCC(=O)c1cccs1)NCCCc1ncc2ccccn12. The number of nitrogens with zero attached hydrogens (tertiary/aromatic N) is 2. The summed E-state index contributed by atoms with van der Waals surface area (Å²) in [4.78, 5) is 28.9. The predicted molar refractivity (Wildman–Crippen MR) is 99.0 cm³/mol. The zero-order chi connectivity index (χ0) is 17.5. The van der Waals surface area contributed by atoms with Gasteiger partial charge in [0, 0.05) is 32.0 Å². The van der Waals surface area contributed by atoms with Gasteiger partial charge in [-0.25, -0.2) is 4.98 Å². The number of fused-ring (bicyclic) bond motifs is 1. The zero-order valence-corrected chi connectivity index (χ0v) is 14.8. The first kappa shape index (κ1) is 17.4. The summed E-state index contributed by atoms with van der Waals surface area (Å²) >= 11 is 1.45. The number of nitrogens with one attached hydrogen (secondary N) is 1. The molecule has 3 rings (SSSR count). The molecule has 0 aliphatic carbocycles. The van der Waals surface area contributed by atoms with Gasteiger partial charge in [-0.3, -0.25) is 9.59 Å². The van der Waals surface area contributed by atoms with Gasteiger partial charge in [-0.15, -0.1) is 11.3 Å². The third-order valence-electron chi connectivity index (χ3n) is 4.02. The number of carbonyl (C=O) groups is 2. The molecule has 1 N–H and O–H groups in total. The van der Waals surface area contributed by atoms with Crippen LogP contribution in [-0.2, 0) is 11.2 Å². The van der Waals surface area contributed by atoms with E-state index in [2.05, 4.69) is 14.7 Å². The Hall–Kier alpha value is -2.47. The number of rotatable bonds is 9. The fraction of sp³-hybridized carbons (Fsp3) is 0.316. The van der Waals surface area contributed by atoms with E-state index in [9.17, 15) is 9.59 Å². The maximum absolute atomic E-state index is 11.9. The highest BCUT2D eigenvalue weighted by Crippen LogP contribution is 2.13. The van der Waals surface area contributed by atoms with Gasteiger partial charge in [0.2, 0.25) is 5.91 Å². The van der Waals surface area contributed by atoms with Crippen molar-refractivity contribution in [2.45, 2.75) is 32.1 Å². The predicted octanol–water partition coefficient (Wildman–Crippen LogP) is 3.50. The zero-order valence-electron chi connectivity index (χ0n) is 14.0. The van der Waals surface area contributed by atoms with E-state index >= 15 is 0 Å². The summed E-state index contributed by atoms with van der Waals surface area (Å²) in [6, 6.07) is 9.69. The number of aryl methyl sites for hydroxylation is 1. The lowest BCUT2D eigenvalue weighted by Crippen LogP contribution is -2.24.